The van der Waals surface area contributed by atoms with Crippen LogP contribution in [0, 0.1) is 10.8 Å². The number of carbonyl (C=O) groups excluding carboxylic acids is 3. The van der Waals surface area contributed by atoms with Crippen LogP contribution in [-0.2, 0) is 19.1 Å². The Hall–Kier alpha value is -1.40. The van der Waals surface area contributed by atoms with E-state index in [-0.39, 0.29) is 5.78 Å². The molecule has 1 saturated heterocycles. The third kappa shape index (κ3) is 3.43. The Morgan fingerprint density at radius 1 is 1.13 bits per heavy atom. The molecule has 0 bridgehead atoms. The average Bonchev–Trinajstić information content (AvgIpc) is 2.47. The molecular formula is C16H23F3O4. The molecule has 2 atom stereocenters. The summed E-state index contributed by atoms with van der Waals surface area (Å²) in [6, 6.07) is 0. The largest absolute Gasteiger partial charge is 0.458 e. The predicted molar refractivity (Wildman–Crippen MR) is 76.6 cm³/mol. The topological polar surface area (TPSA) is 60.4 Å². The van der Waals surface area contributed by atoms with Gasteiger partial charge in [-0.2, -0.15) is 13.2 Å². The van der Waals surface area contributed by atoms with Crippen molar-refractivity contribution in [3.63, 3.8) is 0 Å². The Bertz CT molecular complexity index is 524. The zero-order valence-corrected chi connectivity index (χ0v) is 14.1. The molecule has 2 unspecified atom stereocenters. The maximum absolute atomic E-state index is 12.6. The number of esters is 1. The molecule has 0 aromatic carbocycles. The molecule has 4 nitrogen and oxygen atoms in total. The van der Waals surface area contributed by atoms with Crippen molar-refractivity contribution in [2.75, 3.05) is 0 Å². The molecule has 0 amide bonds. The lowest BCUT2D eigenvalue weighted by molar-refractivity contribution is -0.176. The third-order valence-electron chi connectivity index (χ3n) is 5.48. The molecule has 1 rings (SSSR count). The van der Waals surface area contributed by atoms with Crippen LogP contribution in [0.3, 0.4) is 0 Å². The summed E-state index contributed by atoms with van der Waals surface area (Å²) in [6.07, 6.45) is -4.80. The summed E-state index contributed by atoms with van der Waals surface area (Å²) in [4.78, 5) is 34.7. The number of ether oxygens (including phenoxy) is 1. The monoisotopic (exact) mass is 336 g/mol. The average molecular weight is 336 g/mol. The van der Waals surface area contributed by atoms with E-state index in [0.717, 1.165) is 0 Å². The Labute approximate surface area is 133 Å². The molecule has 0 aromatic heterocycles. The smallest absolute Gasteiger partial charge is 0.450 e. The van der Waals surface area contributed by atoms with Gasteiger partial charge in [0.15, 0.2) is 0 Å². The molecule has 0 spiro atoms. The van der Waals surface area contributed by atoms with Gasteiger partial charge < -0.3 is 9.53 Å². The van der Waals surface area contributed by atoms with Crippen LogP contribution in [-0.4, -0.2) is 29.3 Å². The van der Waals surface area contributed by atoms with Gasteiger partial charge in [-0.25, -0.2) is 0 Å². The maximum Gasteiger partial charge on any atom is 0.450 e. The van der Waals surface area contributed by atoms with E-state index in [1.807, 2.05) is 0 Å². The molecule has 1 aliphatic rings. The lowest BCUT2D eigenvalue weighted by atomic mass is 9.58. The summed E-state index contributed by atoms with van der Waals surface area (Å²) in [5.41, 5.74) is -3.58. The highest BCUT2D eigenvalue weighted by atomic mass is 19.4. The van der Waals surface area contributed by atoms with Crippen molar-refractivity contribution in [2.45, 2.75) is 72.1 Å². The Morgan fingerprint density at radius 2 is 1.65 bits per heavy atom. The predicted octanol–water partition coefficient (Wildman–Crippen LogP) is 3.62. The molecule has 0 N–H and O–H groups in total. The van der Waals surface area contributed by atoms with Crippen LogP contribution >= 0.6 is 0 Å². The van der Waals surface area contributed by atoms with Gasteiger partial charge in [-0.3, -0.25) is 9.59 Å². The van der Waals surface area contributed by atoms with E-state index in [1.165, 1.54) is 13.8 Å². The summed E-state index contributed by atoms with van der Waals surface area (Å²) in [5, 5.41) is 0. The van der Waals surface area contributed by atoms with Gasteiger partial charge in [0.25, 0.3) is 0 Å². The summed E-state index contributed by atoms with van der Waals surface area (Å²) in [5.74, 6) is -2.74. The molecule has 1 heterocycles. The Kier molecular flexibility index (Phi) is 5.05. The van der Waals surface area contributed by atoms with E-state index in [9.17, 15) is 27.6 Å². The minimum atomic E-state index is -4.98. The molecule has 1 aliphatic heterocycles. The second-order valence-corrected chi connectivity index (χ2v) is 7.23. The number of carbonyl (C=O) groups is 3. The van der Waals surface area contributed by atoms with Crippen molar-refractivity contribution in [2.24, 2.45) is 10.8 Å². The van der Waals surface area contributed by atoms with Crippen LogP contribution in [0.2, 0.25) is 0 Å². The van der Waals surface area contributed by atoms with Crippen molar-refractivity contribution in [1.29, 1.82) is 0 Å². The molecule has 0 saturated carbocycles. The highest BCUT2D eigenvalue weighted by Gasteiger charge is 2.66. The lowest BCUT2D eigenvalue weighted by Gasteiger charge is -2.42. The summed E-state index contributed by atoms with van der Waals surface area (Å²) >= 11 is 0. The maximum atomic E-state index is 12.6. The van der Waals surface area contributed by atoms with Crippen molar-refractivity contribution >= 4 is 17.5 Å². The number of Topliss-reactive ketones (excluding diaryl/α,β-unsaturated/α-hetero) is 2. The van der Waals surface area contributed by atoms with Crippen LogP contribution in [0.4, 0.5) is 13.2 Å². The quantitative estimate of drug-likeness (QED) is 0.695. The highest BCUT2D eigenvalue weighted by molar-refractivity contribution is 5.91. The standard InChI is InChI=1S/C16H23F3O4/c1-10(20)7-6-8-15(5)13(2,3)14(4,12(22)23-15)9-11(21)16(17,18)19/h6-9H2,1-5H3. The number of alkyl halides is 3. The van der Waals surface area contributed by atoms with Gasteiger partial charge in [-0.15, -0.1) is 0 Å². The first-order chi connectivity index (χ1) is 10.2. The van der Waals surface area contributed by atoms with Gasteiger partial charge in [-0.05, 0) is 33.6 Å². The van der Waals surface area contributed by atoms with Gasteiger partial charge in [0.05, 0.1) is 5.41 Å². The Morgan fingerprint density at radius 3 is 2.09 bits per heavy atom. The van der Waals surface area contributed by atoms with Crippen LogP contribution in [0.5, 0.6) is 0 Å². The first kappa shape index (κ1) is 19.6. The van der Waals surface area contributed by atoms with Crippen LogP contribution in [0.25, 0.3) is 0 Å². The van der Waals surface area contributed by atoms with E-state index in [1.54, 1.807) is 20.8 Å². The van der Waals surface area contributed by atoms with Gasteiger partial charge in [0, 0.05) is 18.3 Å². The number of hydrogen-bond acceptors (Lipinski definition) is 4. The summed E-state index contributed by atoms with van der Waals surface area (Å²) in [6.45, 7) is 7.70. The summed E-state index contributed by atoms with van der Waals surface area (Å²) in [7, 11) is 0. The normalized spacial score (nSPS) is 30.2. The molecule has 132 valence electrons. The van der Waals surface area contributed by atoms with E-state index in [0.29, 0.717) is 19.3 Å². The lowest BCUT2D eigenvalue weighted by Crippen LogP contribution is -2.48. The fraction of sp³-hybridized carbons (Fsp3) is 0.812. The van der Waals surface area contributed by atoms with Crippen molar-refractivity contribution in [3.8, 4) is 0 Å². The zero-order valence-electron chi connectivity index (χ0n) is 14.1. The molecule has 1 fully saturated rings. The SMILES string of the molecule is CC(=O)CCCC1(C)OC(=O)C(C)(CC(=O)C(F)(F)F)C1(C)C. The minimum Gasteiger partial charge on any atom is -0.458 e. The van der Waals surface area contributed by atoms with Crippen molar-refractivity contribution in [3.05, 3.63) is 0 Å². The van der Waals surface area contributed by atoms with Crippen molar-refractivity contribution < 1.29 is 32.3 Å². The van der Waals surface area contributed by atoms with Gasteiger partial charge in [-0.1, -0.05) is 13.8 Å². The molecular weight excluding hydrogens is 313 g/mol. The molecule has 0 aliphatic carbocycles. The van der Waals surface area contributed by atoms with Crippen LogP contribution < -0.4 is 0 Å². The number of halogens is 3. The number of hydrogen-bond donors (Lipinski definition) is 0. The van der Waals surface area contributed by atoms with E-state index < -0.39 is 40.8 Å². The minimum absolute atomic E-state index is 0.00857. The first-order valence-corrected chi connectivity index (χ1v) is 7.50. The van der Waals surface area contributed by atoms with Crippen molar-refractivity contribution in [1.82, 2.24) is 0 Å². The first-order valence-electron chi connectivity index (χ1n) is 7.50. The van der Waals surface area contributed by atoms with Crippen LogP contribution in [0.1, 0.15) is 60.3 Å². The third-order valence-corrected chi connectivity index (χ3v) is 5.48. The van der Waals surface area contributed by atoms with Gasteiger partial charge in [0.2, 0.25) is 5.78 Å². The number of rotatable bonds is 6. The Balaban J connectivity index is 3.05. The van der Waals surface area contributed by atoms with E-state index in [4.69, 9.17) is 4.74 Å². The van der Waals surface area contributed by atoms with E-state index in [2.05, 4.69) is 0 Å². The second kappa shape index (κ2) is 5.91. The molecule has 0 radical (unpaired) electrons. The molecule has 0 aromatic rings. The fourth-order valence-corrected chi connectivity index (χ4v) is 3.04. The molecule has 23 heavy (non-hydrogen) atoms. The number of ketones is 2. The highest BCUT2D eigenvalue weighted by Crippen LogP contribution is 2.59. The zero-order chi connectivity index (χ0) is 18.3. The van der Waals surface area contributed by atoms with Gasteiger partial charge >= 0.3 is 12.1 Å². The van der Waals surface area contributed by atoms with E-state index >= 15 is 0 Å². The fourth-order valence-electron chi connectivity index (χ4n) is 3.04. The van der Waals surface area contributed by atoms with Gasteiger partial charge in [0.1, 0.15) is 11.4 Å². The second-order valence-electron chi connectivity index (χ2n) is 7.23. The molecule has 7 heteroatoms. The number of cyclic esters (lactones) is 1. The van der Waals surface area contributed by atoms with Crippen LogP contribution in [0.15, 0.2) is 0 Å². The summed E-state index contributed by atoms with van der Waals surface area (Å²) < 4.78 is 43.2.